The zero-order chi connectivity index (χ0) is 11.5. The molecule has 3 nitrogen and oxygen atoms in total. The van der Waals surface area contributed by atoms with Crippen LogP contribution in [0.5, 0.6) is 0 Å². The van der Waals surface area contributed by atoms with Crippen molar-refractivity contribution in [1.82, 2.24) is 9.55 Å². The maximum Gasteiger partial charge on any atom is 0.127 e. The molecular weight excluding hydrogens is 222 g/mol. The largest absolute Gasteiger partial charge is 0.376 e. The van der Waals surface area contributed by atoms with Gasteiger partial charge in [0.15, 0.2) is 0 Å². The second-order valence-corrected chi connectivity index (χ2v) is 4.15. The summed E-state index contributed by atoms with van der Waals surface area (Å²) in [5.74, 6) is 0.985. The molecule has 1 N–H and O–H groups in total. The zero-order valence-electron chi connectivity index (χ0n) is 9.37. The van der Waals surface area contributed by atoms with Gasteiger partial charge in [-0.25, -0.2) is 4.98 Å². The molecule has 0 aliphatic rings. The fraction of sp³-hybridized carbons (Fsp3) is 0.250. The van der Waals surface area contributed by atoms with Crippen molar-refractivity contribution in [2.75, 3.05) is 5.32 Å². The van der Waals surface area contributed by atoms with Crippen molar-refractivity contribution in [3.8, 4) is 0 Å². The number of anilines is 1. The second-order valence-electron chi connectivity index (χ2n) is 3.74. The molecule has 1 aromatic carbocycles. The number of rotatable bonds is 3. The van der Waals surface area contributed by atoms with E-state index in [1.165, 1.54) is 0 Å². The summed E-state index contributed by atoms with van der Waals surface area (Å²) >= 11 is 6.12. The Morgan fingerprint density at radius 1 is 1.44 bits per heavy atom. The van der Waals surface area contributed by atoms with Crippen LogP contribution in [-0.2, 0) is 13.6 Å². The molecule has 0 atom stereocenters. The topological polar surface area (TPSA) is 29.9 Å². The number of imidazole rings is 1. The first-order valence-corrected chi connectivity index (χ1v) is 5.51. The Hall–Kier alpha value is -1.48. The van der Waals surface area contributed by atoms with E-state index in [0.29, 0.717) is 6.54 Å². The Labute approximate surface area is 100 Å². The van der Waals surface area contributed by atoms with Crippen molar-refractivity contribution in [3.05, 3.63) is 47.0 Å². The minimum atomic E-state index is 0.675. The fourth-order valence-electron chi connectivity index (χ4n) is 1.59. The number of para-hydroxylation sites is 1. The quantitative estimate of drug-likeness (QED) is 0.887. The average molecular weight is 236 g/mol. The molecule has 0 saturated carbocycles. The molecule has 0 aliphatic carbocycles. The first-order chi connectivity index (χ1) is 7.68. The summed E-state index contributed by atoms with van der Waals surface area (Å²) in [5, 5.41) is 4.05. The maximum atomic E-state index is 6.12. The molecule has 0 radical (unpaired) electrons. The normalized spacial score (nSPS) is 10.4. The summed E-state index contributed by atoms with van der Waals surface area (Å²) < 4.78 is 1.99. The number of aryl methyl sites for hydroxylation is 2. The van der Waals surface area contributed by atoms with E-state index in [2.05, 4.69) is 10.3 Å². The summed E-state index contributed by atoms with van der Waals surface area (Å²) in [5.41, 5.74) is 2.12. The molecule has 1 heterocycles. The molecule has 84 valence electrons. The number of benzene rings is 1. The lowest BCUT2D eigenvalue weighted by Gasteiger charge is -2.11. The first kappa shape index (κ1) is 11.0. The van der Waals surface area contributed by atoms with Crippen LogP contribution in [0.2, 0.25) is 5.02 Å². The summed E-state index contributed by atoms with van der Waals surface area (Å²) in [4.78, 5) is 4.25. The lowest BCUT2D eigenvalue weighted by molar-refractivity contribution is 0.812. The molecule has 16 heavy (non-hydrogen) atoms. The van der Waals surface area contributed by atoms with Gasteiger partial charge in [0.05, 0.1) is 17.3 Å². The smallest absolute Gasteiger partial charge is 0.127 e. The summed E-state index contributed by atoms with van der Waals surface area (Å²) in [6.45, 7) is 2.71. The second kappa shape index (κ2) is 4.58. The Morgan fingerprint density at radius 3 is 2.88 bits per heavy atom. The van der Waals surface area contributed by atoms with Crippen molar-refractivity contribution < 1.29 is 0 Å². The molecule has 1 aromatic heterocycles. The van der Waals surface area contributed by atoms with Crippen LogP contribution in [0.1, 0.15) is 11.4 Å². The number of aromatic nitrogens is 2. The van der Waals surface area contributed by atoms with Gasteiger partial charge in [-0.15, -0.1) is 0 Å². The van der Waals surface area contributed by atoms with E-state index in [1.54, 1.807) is 6.20 Å². The number of halogens is 1. The molecule has 0 unspecified atom stereocenters. The number of hydrogen-bond donors (Lipinski definition) is 1. The third kappa shape index (κ3) is 2.19. The molecule has 0 fully saturated rings. The molecule has 4 heteroatoms. The molecule has 2 rings (SSSR count). The predicted molar refractivity (Wildman–Crippen MR) is 66.7 cm³/mol. The Bertz CT molecular complexity index is 471. The molecule has 0 aliphatic heterocycles. The minimum Gasteiger partial charge on any atom is -0.376 e. The van der Waals surface area contributed by atoms with Gasteiger partial charge >= 0.3 is 0 Å². The van der Waals surface area contributed by atoms with E-state index in [-0.39, 0.29) is 0 Å². The van der Waals surface area contributed by atoms with E-state index >= 15 is 0 Å². The summed E-state index contributed by atoms with van der Waals surface area (Å²) in [7, 11) is 1.98. The van der Waals surface area contributed by atoms with Crippen molar-refractivity contribution in [2.45, 2.75) is 13.5 Å². The van der Waals surface area contributed by atoms with E-state index in [4.69, 9.17) is 11.6 Å². The minimum absolute atomic E-state index is 0.675. The highest BCUT2D eigenvalue weighted by molar-refractivity contribution is 6.33. The maximum absolute atomic E-state index is 6.12. The monoisotopic (exact) mass is 235 g/mol. The van der Waals surface area contributed by atoms with Crippen LogP contribution < -0.4 is 5.32 Å². The predicted octanol–water partition coefficient (Wildman–Crippen LogP) is 2.99. The van der Waals surface area contributed by atoms with Crippen molar-refractivity contribution in [3.63, 3.8) is 0 Å². The van der Waals surface area contributed by atoms with Gasteiger partial charge in [-0.1, -0.05) is 23.7 Å². The van der Waals surface area contributed by atoms with E-state index in [1.807, 2.05) is 42.9 Å². The standard InChI is InChI=1S/C12H14ClN3/c1-9-4-3-5-10(13)12(9)15-8-11-14-6-7-16(11)2/h3-7,15H,8H2,1-2H3. The van der Waals surface area contributed by atoms with Gasteiger partial charge < -0.3 is 9.88 Å². The first-order valence-electron chi connectivity index (χ1n) is 5.13. The van der Waals surface area contributed by atoms with Crippen LogP contribution >= 0.6 is 11.6 Å². The lowest BCUT2D eigenvalue weighted by Crippen LogP contribution is -2.06. The summed E-state index contributed by atoms with van der Waals surface area (Å²) in [6, 6.07) is 5.87. The van der Waals surface area contributed by atoms with Crippen molar-refractivity contribution >= 4 is 17.3 Å². The highest BCUT2D eigenvalue weighted by Crippen LogP contribution is 2.25. The van der Waals surface area contributed by atoms with E-state index < -0.39 is 0 Å². The number of nitrogens with zero attached hydrogens (tertiary/aromatic N) is 2. The third-order valence-corrected chi connectivity index (χ3v) is 2.88. The Balaban J connectivity index is 2.14. The van der Waals surface area contributed by atoms with Gasteiger partial charge in [-0.3, -0.25) is 0 Å². The molecule has 0 saturated heterocycles. The summed E-state index contributed by atoms with van der Waals surface area (Å²) in [6.07, 6.45) is 3.72. The fourth-order valence-corrected chi connectivity index (χ4v) is 1.88. The van der Waals surface area contributed by atoms with Gasteiger partial charge in [0, 0.05) is 19.4 Å². The van der Waals surface area contributed by atoms with Gasteiger partial charge in [0.2, 0.25) is 0 Å². The zero-order valence-corrected chi connectivity index (χ0v) is 10.1. The highest BCUT2D eigenvalue weighted by Gasteiger charge is 2.04. The van der Waals surface area contributed by atoms with Crippen LogP contribution in [0.4, 0.5) is 5.69 Å². The van der Waals surface area contributed by atoms with Crippen LogP contribution in [0.3, 0.4) is 0 Å². The highest BCUT2D eigenvalue weighted by atomic mass is 35.5. The van der Waals surface area contributed by atoms with Crippen LogP contribution in [0.15, 0.2) is 30.6 Å². The number of hydrogen-bond acceptors (Lipinski definition) is 2. The van der Waals surface area contributed by atoms with E-state index in [9.17, 15) is 0 Å². The van der Waals surface area contributed by atoms with Gasteiger partial charge in [-0.2, -0.15) is 0 Å². The van der Waals surface area contributed by atoms with E-state index in [0.717, 1.165) is 22.1 Å². The molecule has 0 spiro atoms. The SMILES string of the molecule is Cc1cccc(Cl)c1NCc1nccn1C. The van der Waals surface area contributed by atoms with Crippen LogP contribution in [0, 0.1) is 6.92 Å². The Kier molecular flexibility index (Phi) is 3.15. The molecule has 0 amide bonds. The third-order valence-electron chi connectivity index (χ3n) is 2.57. The van der Waals surface area contributed by atoms with Crippen LogP contribution in [-0.4, -0.2) is 9.55 Å². The van der Waals surface area contributed by atoms with Crippen molar-refractivity contribution in [1.29, 1.82) is 0 Å². The lowest BCUT2D eigenvalue weighted by atomic mass is 10.2. The number of nitrogens with one attached hydrogen (secondary N) is 1. The Morgan fingerprint density at radius 2 is 2.25 bits per heavy atom. The van der Waals surface area contributed by atoms with Crippen molar-refractivity contribution in [2.24, 2.45) is 7.05 Å². The molecule has 0 bridgehead atoms. The average Bonchev–Trinajstić information content (AvgIpc) is 2.64. The van der Waals surface area contributed by atoms with Gasteiger partial charge in [0.1, 0.15) is 5.82 Å². The molecular formula is C12H14ClN3. The molecule has 2 aromatic rings. The van der Waals surface area contributed by atoms with Crippen LogP contribution in [0.25, 0.3) is 0 Å². The van der Waals surface area contributed by atoms with Gasteiger partial charge in [0.25, 0.3) is 0 Å². The van der Waals surface area contributed by atoms with Gasteiger partial charge in [-0.05, 0) is 18.6 Å².